The molecule has 0 spiro atoms. The molecule has 1 unspecified atom stereocenters. The number of hydrogen-bond donors (Lipinski definition) is 1. The van der Waals surface area contributed by atoms with Crippen LogP contribution in [0.15, 0.2) is 59.6 Å². The largest absolute Gasteiger partial charge is 0.416 e. The molecule has 1 N–H and O–H groups in total. The van der Waals surface area contributed by atoms with E-state index in [0.717, 1.165) is 43.0 Å². The van der Waals surface area contributed by atoms with Crippen molar-refractivity contribution in [3.8, 4) is 0 Å². The molecule has 3 rings (SSSR count). The van der Waals surface area contributed by atoms with E-state index in [1.807, 2.05) is 26.0 Å². The van der Waals surface area contributed by atoms with Crippen molar-refractivity contribution in [3.05, 3.63) is 76.9 Å². The van der Waals surface area contributed by atoms with Gasteiger partial charge in [0.1, 0.15) is 11.7 Å². The van der Waals surface area contributed by atoms with Crippen LogP contribution in [0.25, 0.3) is 0 Å². The summed E-state index contributed by atoms with van der Waals surface area (Å²) in [6.45, 7) is 11.7. The minimum atomic E-state index is -4.45. The van der Waals surface area contributed by atoms with E-state index in [9.17, 15) is 13.2 Å². The fraction of sp³-hybridized carbons (Fsp3) is 0.467. The van der Waals surface area contributed by atoms with Crippen LogP contribution >= 0.6 is 0 Å². The van der Waals surface area contributed by atoms with E-state index in [4.69, 9.17) is 5.41 Å². The van der Waals surface area contributed by atoms with Crippen molar-refractivity contribution in [2.24, 2.45) is 4.99 Å². The Hall–Kier alpha value is -2.89. The zero-order valence-electron chi connectivity index (χ0n) is 22.1. The van der Waals surface area contributed by atoms with Gasteiger partial charge in [-0.1, -0.05) is 57.0 Å². The molecule has 0 aromatic heterocycles. The number of nitrogens with one attached hydrogen (secondary N) is 1. The van der Waals surface area contributed by atoms with E-state index < -0.39 is 11.7 Å². The van der Waals surface area contributed by atoms with Crippen LogP contribution in [0, 0.1) is 5.41 Å². The Labute approximate surface area is 213 Å². The third kappa shape index (κ3) is 5.74. The molecule has 36 heavy (non-hydrogen) atoms. The third-order valence-electron chi connectivity index (χ3n) is 7.34. The summed E-state index contributed by atoms with van der Waals surface area (Å²) in [5.74, 6) is 0.448. The Bertz CT molecular complexity index is 1140. The van der Waals surface area contributed by atoms with Gasteiger partial charge in [0.05, 0.1) is 5.56 Å². The molecule has 0 aliphatic heterocycles. The number of aliphatic imine (C=N–C) groups is 1. The first-order chi connectivity index (χ1) is 17.0. The average Bonchev–Trinajstić information content (AvgIpc) is 3.62. The summed E-state index contributed by atoms with van der Waals surface area (Å²) in [6.07, 6.45) is 1.95. The molecule has 0 amide bonds. The van der Waals surface area contributed by atoms with Crippen LogP contribution in [0.4, 0.5) is 18.9 Å². The van der Waals surface area contributed by atoms with E-state index in [-0.39, 0.29) is 17.2 Å². The van der Waals surface area contributed by atoms with Gasteiger partial charge in [0.2, 0.25) is 0 Å². The number of amidine groups is 2. The van der Waals surface area contributed by atoms with Crippen LogP contribution < -0.4 is 4.90 Å². The van der Waals surface area contributed by atoms with E-state index in [1.54, 1.807) is 18.9 Å². The fourth-order valence-corrected chi connectivity index (χ4v) is 5.20. The molecule has 1 saturated carbocycles. The van der Waals surface area contributed by atoms with Gasteiger partial charge in [-0.3, -0.25) is 15.3 Å². The first-order valence-electron chi connectivity index (χ1n) is 12.8. The van der Waals surface area contributed by atoms with Gasteiger partial charge in [0.25, 0.3) is 0 Å². The summed E-state index contributed by atoms with van der Waals surface area (Å²) in [5.41, 5.74) is 3.48. The molecule has 2 aromatic carbocycles. The predicted octanol–water partition coefficient (Wildman–Crippen LogP) is 8.88. The highest BCUT2D eigenvalue weighted by Gasteiger charge is 2.43. The lowest BCUT2D eigenvalue weighted by atomic mass is 9.85. The number of anilines is 1. The van der Waals surface area contributed by atoms with Gasteiger partial charge < -0.3 is 0 Å². The van der Waals surface area contributed by atoms with Crippen LogP contribution in [0.2, 0.25) is 0 Å². The maximum atomic E-state index is 13.7. The number of nitrogens with zero attached hydrogens (tertiary/aromatic N) is 2. The third-order valence-corrected chi connectivity index (χ3v) is 7.34. The Morgan fingerprint density at radius 3 is 2.33 bits per heavy atom. The second kappa shape index (κ2) is 11.0. The molecular weight excluding hydrogens is 459 g/mol. The molecule has 1 aliphatic carbocycles. The van der Waals surface area contributed by atoms with Crippen molar-refractivity contribution < 1.29 is 13.2 Å². The van der Waals surface area contributed by atoms with Crippen LogP contribution in [-0.2, 0) is 11.6 Å². The van der Waals surface area contributed by atoms with Crippen LogP contribution in [0.5, 0.6) is 0 Å². The van der Waals surface area contributed by atoms with Crippen molar-refractivity contribution in [3.63, 3.8) is 0 Å². The maximum absolute atomic E-state index is 13.7. The highest BCUT2D eigenvalue weighted by Crippen LogP contribution is 2.52. The number of hydrogen-bond acceptors (Lipinski definition) is 2. The highest BCUT2D eigenvalue weighted by atomic mass is 19.4. The van der Waals surface area contributed by atoms with E-state index >= 15 is 0 Å². The lowest BCUT2D eigenvalue weighted by Gasteiger charge is -2.29. The fourth-order valence-electron chi connectivity index (χ4n) is 5.20. The maximum Gasteiger partial charge on any atom is 0.416 e. The van der Waals surface area contributed by atoms with Crippen molar-refractivity contribution in [1.29, 1.82) is 5.41 Å². The minimum Gasteiger partial charge on any atom is -0.288 e. The van der Waals surface area contributed by atoms with Crippen molar-refractivity contribution in [1.82, 2.24) is 0 Å². The van der Waals surface area contributed by atoms with Gasteiger partial charge in [0.15, 0.2) is 0 Å². The minimum absolute atomic E-state index is 0.198. The second-order valence-electron chi connectivity index (χ2n) is 10.0. The van der Waals surface area contributed by atoms with Gasteiger partial charge in [0, 0.05) is 24.2 Å². The van der Waals surface area contributed by atoms with E-state index in [0.29, 0.717) is 23.4 Å². The number of benzene rings is 2. The number of rotatable bonds is 9. The van der Waals surface area contributed by atoms with Crippen LogP contribution in [0.3, 0.4) is 0 Å². The van der Waals surface area contributed by atoms with Crippen molar-refractivity contribution in [2.45, 2.75) is 83.7 Å². The van der Waals surface area contributed by atoms with Gasteiger partial charge in [-0.2, -0.15) is 13.2 Å². The number of alkyl halides is 3. The van der Waals surface area contributed by atoms with Gasteiger partial charge >= 0.3 is 6.18 Å². The molecule has 0 saturated heterocycles. The molecule has 0 heterocycles. The lowest BCUT2D eigenvalue weighted by Crippen LogP contribution is -2.36. The average molecular weight is 498 g/mol. The quantitative estimate of drug-likeness (QED) is 0.210. The molecule has 194 valence electrons. The molecule has 1 fully saturated rings. The predicted molar refractivity (Wildman–Crippen MR) is 145 cm³/mol. The summed E-state index contributed by atoms with van der Waals surface area (Å²) in [6, 6.07) is 12.1. The molecule has 6 heteroatoms. The Morgan fingerprint density at radius 2 is 1.83 bits per heavy atom. The summed E-state index contributed by atoms with van der Waals surface area (Å²) >= 11 is 0. The summed E-state index contributed by atoms with van der Waals surface area (Å²) in [7, 11) is 1.63. The van der Waals surface area contributed by atoms with Crippen LogP contribution in [0.1, 0.15) is 94.4 Å². The normalized spacial score (nSPS) is 15.9. The van der Waals surface area contributed by atoms with E-state index in [1.165, 1.54) is 24.1 Å². The van der Waals surface area contributed by atoms with Gasteiger partial charge in [-0.05, 0) is 80.3 Å². The monoisotopic (exact) mass is 497 g/mol. The standard InChI is InChI=1S/C30H38F3N3/c1-7-9-15-29(16-17-29)22-11-10-12-24(18-22)36(21(5)34)28(35-6)26-14-13-23(30(31,32)33)19-27(26)25(8-2)20(3)4/h10-14,18-19,25,34H,3,7-9,15-17H2,1-2,4-6H3. The van der Waals surface area contributed by atoms with Gasteiger partial charge in [-0.25, -0.2) is 0 Å². The SMILES string of the molecule is C=C(C)C(CC)c1cc(C(F)(F)F)ccc1C(=NC)N(C(C)=N)c1cccc(C2(CCCC)CC2)c1. The molecule has 1 atom stereocenters. The highest BCUT2D eigenvalue weighted by molar-refractivity contribution is 6.24. The molecule has 1 aliphatic rings. The first kappa shape index (κ1) is 27.7. The first-order valence-corrected chi connectivity index (χ1v) is 12.8. The Morgan fingerprint density at radius 1 is 1.14 bits per heavy atom. The van der Waals surface area contributed by atoms with Crippen molar-refractivity contribution in [2.75, 3.05) is 11.9 Å². The second-order valence-corrected chi connectivity index (χ2v) is 10.0. The summed E-state index contributed by atoms with van der Waals surface area (Å²) in [5, 5.41) is 8.62. The van der Waals surface area contributed by atoms with Crippen molar-refractivity contribution >= 4 is 17.4 Å². The number of unbranched alkanes of at least 4 members (excludes halogenated alkanes) is 1. The lowest BCUT2D eigenvalue weighted by molar-refractivity contribution is -0.137. The summed E-state index contributed by atoms with van der Waals surface area (Å²) < 4.78 is 41.0. The molecule has 3 nitrogen and oxygen atoms in total. The topological polar surface area (TPSA) is 39.5 Å². The molecular formula is C30H38F3N3. The Balaban J connectivity index is 2.15. The molecule has 2 aromatic rings. The summed E-state index contributed by atoms with van der Waals surface area (Å²) in [4.78, 5) is 6.28. The zero-order chi connectivity index (χ0) is 26.7. The molecule has 0 bridgehead atoms. The number of allylic oxidation sites excluding steroid dienone is 1. The number of halogens is 3. The van der Waals surface area contributed by atoms with E-state index in [2.05, 4.69) is 30.6 Å². The smallest absolute Gasteiger partial charge is 0.288 e. The van der Waals surface area contributed by atoms with Gasteiger partial charge in [-0.15, -0.1) is 0 Å². The van der Waals surface area contributed by atoms with Crippen LogP contribution in [-0.4, -0.2) is 18.7 Å². The molecule has 0 radical (unpaired) electrons. The zero-order valence-corrected chi connectivity index (χ0v) is 22.1. The Kier molecular flexibility index (Phi) is 8.48.